The van der Waals surface area contributed by atoms with Gasteiger partial charge in [0.2, 0.25) is 5.91 Å². The molecule has 0 unspecified atom stereocenters. The molecule has 0 aliphatic carbocycles. The van der Waals surface area contributed by atoms with E-state index in [1.54, 1.807) is 11.8 Å². The highest BCUT2D eigenvalue weighted by molar-refractivity contribution is 5.98. The number of nitrogens with zero attached hydrogens (tertiary/aromatic N) is 2. The molecule has 0 radical (unpaired) electrons. The lowest BCUT2D eigenvalue weighted by Crippen LogP contribution is -2.54. The van der Waals surface area contributed by atoms with Gasteiger partial charge in [0, 0.05) is 54.7 Å². The number of nitrogens with one attached hydrogen (secondary N) is 3. The third-order valence-corrected chi connectivity index (χ3v) is 5.24. The lowest BCUT2D eigenvalue weighted by molar-refractivity contribution is -0.117. The Morgan fingerprint density at radius 2 is 1.76 bits per heavy atom. The number of piperazine rings is 1. The Kier molecular flexibility index (Phi) is 5.37. The number of para-hydroxylation sites is 1. The molecule has 3 amide bonds. The largest absolute Gasteiger partial charge is 0.368 e. The Hall–Kier alpha value is -3.48. The SMILES string of the molecule is C[C@H](NC(=O)N1CCN(c2ccccc2)CC1)C(=O)Nc1ccc2[nH]ccc2c1. The molecular weight excluding hydrogens is 366 g/mol. The minimum absolute atomic E-state index is 0.207. The molecule has 0 saturated carbocycles. The molecule has 0 spiro atoms. The Bertz CT molecular complexity index is 993. The van der Waals surface area contributed by atoms with E-state index in [1.165, 1.54) is 5.69 Å². The molecule has 1 aliphatic rings. The summed E-state index contributed by atoms with van der Waals surface area (Å²) in [6.45, 7) is 4.49. The lowest BCUT2D eigenvalue weighted by Gasteiger charge is -2.36. The van der Waals surface area contributed by atoms with Crippen LogP contribution in [0.15, 0.2) is 60.8 Å². The molecular formula is C22H25N5O2. The van der Waals surface area contributed by atoms with Gasteiger partial charge in [-0.15, -0.1) is 0 Å². The predicted molar refractivity (Wildman–Crippen MR) is 115 cm³/mol. The summed E-state index contributed by atoms with van der Waals surface area (Å²) in [5, 5.41) is 6.70. The molecule has 1 fully saturated rings. The van der Waals surface area contributed by atoms with Gasteiger partial charge in [-0.1, -0.05) is 18.2 Å². The quantitative estimate of drug-likeness (QED) is 0.640. The van der Waals surface area contributed by atoms with Gasteiger partial charge in [-0.25, -0.2) is 4.79 Å². The number of H-pyrrole nitrogens is 1. The number of hydrogen-bond acceptors (Lipinski definition) is 3. The molecule has 7 nitrogen and oxygen atoms in total. The number of fused-ring (bicyclic) bond motifs is 1. The van der Waals surface area contributed by atoms with Gasteiger partial charge >= 0.3 is 6.03 Å². The molecule has 4 rings (SSSR count). The maximum absolute atomic E-state index is 12.6. The van der Waals surface area contributed by atoms with E-state index in [-0.39, 0.29) is 11.9 Å². The van der Waals surface area contributed by atoms with E-state index >= 15 is 0 Å². The monoisotopic (exact) mass is 391 g/mol. The topological polar surface area (TPSA) is 80.5 Å². The number of hydrogen-bond donors (Lipinski definition) is 3. The summed E-state index contributed by atoms with van der Waals surface area (Å²) in [5.74, 6) is -0.240. The highest BCUT2D eigenvalue weighted by Gasteiger charge is 2.24. The van der Waals surface area contributed by atoms with Crippen molar-refractivity contribution in [2.45, 2.75) is 13.0 Å². The van der Waals surface area contributed by atoms with Crippen LogP contribution in [0, 0.1) is 0 Å². The van der Waals surface area contributed by atoms with E-state index in [0.29, 0.717) is 18.8 Å². The van der Waals surface area contributed by atoms with Gasteiger partial charge in [0.05, 0.1) is 0 Å². The zero-order valence-corrected chi connectivity index (χ0v) is 16.4. The molecule has 2 aromatic carbocycles. The smallest absolute Gasteiger partial charge is 0.318 e. The van der Waals surface area contributed by atoms with Gasteiger partial charge in [0.1, 0.15) is 6.04 Å². The van der Waals surface area contributed by atoms with E-state index in [9.17, 15) is 9.59 Å². The first-order valence-corrected chi connectivity index (χ1v) is 9.83. The van der Waals surface area contributed by atoms with Crippen molar-refractivity contribution in [1.82, 2.24) is 15.2 Å². The molecule has 29 heavy (non-hydrogen) atoms. The number of rotatable bonds is 4. The van der Waals surface area contributed by atoms with Crippen molar-refractivity contribution in [3.8, 4) is 0 Å². The van der Waals surface area contributed by atoms with Crippen LogP contribution in [0.25, 0.3) is 10.9 Å². The van der Waals surface area contributed by atoms with Crippen LogP contribution in [-0.2, 0) is 4.79 Å². The molecule has 2 heterocycles. The Morgan fingerprint density at radius 3 is 2.52 bits per heavy atom. The molecule has 1 aromatic heterocycles. The number of urea groups is 1. The number of anilines is 2. The fraction of sp³-hybridized carbons (Fsp3) is 0.273. The van der Waals surface area contributed by atoms with Crippen LogP contribution in [-0.4, -0.2) is 54.0 Å². The summed E-state index contributed by atoms with van der Waals surface area (Å²) in [4.78, 5) is 32.2. The summed E-state index contributed by atoms with van der Waals surface area (Å²) < 4.78 is 0. The Labute approximate surface area is 169 Å². The van der Waals surface area contributed by atoms with Crippen LogP contribution in [0.5, 0.6) is 0 Å². The summed E-state index contributed by atoms with van der Waals surface area (Å²) in [7, 11) is 0. The Morgan fingerprint density at radius 1 is 1.00 bits per heavy atom. The molecule has 1 atom stereocenters. The molecule has 3 N–H and O–H groups in total. The first-order chi connectivity index (χ1) is 14.1. The minimum Gasteiger partial charge on any atom is -0.368 e. The van der Waals surface area contributed by atoms with Crippen LogP contribution < -0.4 is 15.5 Å². The summed E-state index contributed by atoms with van der Waals surface area (Å²) in [6, 6.07) is 17.0. The number of benzene rings is 2. The maximum Gasteiger partial charge on any atom is 0.318 e. The zero-order valence-electron chi connectivity index (χ0n) is 16.4. The highest BCUT2D eigenvalue weighted by Crippen LogP contribution is 2.18. The number of aromatic amines is 1. The molecule has 1 aliphatic heterocycles. The number of aromatic nitrogens is 1. The number of carbonyl (C=O) groups is 2. The van der Waals surface area contributed by atoms with Crippen LogP contribution in [0.4, 0.5) is 16.2 Å². The van der Waals surface area contributed by atoms with E-state index in [4.69, 9.17) is 0 Å². The molecule has 0 bridgehead atoms. The third-order valence-electron chi connectivity index (χ3n) is 5.24. The zero-order chi connectivity index (χ0) is 20.2. The third kappa shape index (κ3) is 4.34. The van der Waals surface area contributed by atoms with Crippen molar-refractivity contribution >= 4 is 34.2 Å². The van der Waals surface area contributed by atoms with Crippen molar-refractivity contribution in [3.63, 3.8) is 0 Å². The van der Waals surface area contributed by atoms with Crippen LogP contribution >= 0.6 is 0 Å². The standard InChI is InChI=1S/C22H25N5O2/c1-16(21(28)25-18-7-8-20-17(15-18)9-10-23-20)24-22(29)27-13-11-26(12-14-27)19-5-3-2-4-6-19/h2-10,15-16,23H,11-14H2,1H3,(H,24,29)(H,25,28)/t16-/m0/s1. The highest BCUT2D eigenvalue weighted by atomic mass is 16.2. The van der Waals surface area contributed by atoms with Crippen molar-refractivity contribution < 1.29 is 9.59 Å². The normalized spacial score (nSPS) is 15.2. The maximum atomic E-state index is 12.6. The second kappa shape index (κ2) is 8.26. The molecule has 1 saturated heterocycles. The molecule has 7 heteroatoms. The lowest BCUT2D eigenvalue weighted by atomic mass is 10.2. The van der Waals surface area contributed by atoms with Crippen LogP contribution in [0.3, 0.4) is 0 Å². The van der Waals surface area contributed by atoms with Crippen LogP contribution in [0.1, 0.15) is 6.92 Å². The predicted octanol–water partition coefficient (Wildman–Crippen LogP) is 3.03. The van der Waals surface area contributed by atoms with Gasteiger partial charge in [-0.05, 0) is 43.3 Å². The van der Waals surface area contributed by atoms with Gasteiger partial charge in [0.25, 0.3) is 0 Å². The van der Waals surface area contributed by atoms with E-state index < -0.39 is 6.04 Å². The molecule has 150 valence electrons. The number of carbonyl (C=O) groups excluding carboxylic acids is 2. The first-order valence-electron chi connectivity index (χ1n) is 9.83. The summed E-state index contributed by atoms with van der Waals surface area (Å²) in [5.41, 5.74) is 2.89. The van der Waals surface area contributed by atoms with E-state index in [0.717, 1.165) is 24.0 Å². The van der Waals surface area contributed by atoms with Crippen molar-refractivity contribution in [2.24, 2.45) is 0 Å². The summed E-state index contributed by atoms with van der Waals surface area (Å²) in [6.07, 6.45) is 1.86. The minimum atomic E-state index is -0.628. The van der Waals surface area contributed by atoms with Gasteiger partial charge < -0.3 is 25.4 Å². The average Bonchev–Trinajstić information content (AvgIpc) is 3.22. The van der Waals surface area contributed by atoms with Gasteiger partial charge in [-0.2, -0.15) is 0 Å². The molecule has 3 aromatic rings. The van der Waals surface area contributed by atoms with Crippen molar-refractivity contribution in [2.75, 3.05) is 36.4 Å². The number of amides is 3. The first kappa shape index (κ1) is 18.9. The fourth-order valence-electron chi connectivity index (χ4n) is 3.53. The summed E-state index contributed by atoms with van der Waals surface area (Å²) >= 11 is 0. The van der Waals surface area contributed by atoms with Crippen molar-refractivity contribution in [3.05, 3.63) is 60.8 Å². The van der Waals surface area contributed by atoms with E-state index in [1.807, 2.05) is 48.7 Å². The second-order valence-electron chi connectivity index (χ2n) is 7.25. The van der Waals surface area contributed by atoms with Crippen molar-refractivity contribution in [1.29, 1.82) is 0 Å². The Balaban J connectivity index is 1.28. The fourth-order valence-corrected chi connectivity index (χ4v) is 3.53. The van der Waals surface area contributed by atoms with Gasteiger partial charge in [-0.3, -0.25) is 4.79 Å². The van der Waals surface area contributed by atoms with Gasteiger partial charge in [0.15, 0.2) is 0 Å². The second-order valence-corrected chi connectivity index (χ2v) is 7.25. The van der Waals surface area contributed by atoms with E-state index in [2.05, 4.69) is 32.7 Å². The average molecular weight is 391 g/mol. The van der Waals surface area contributed by atoms with Crippen LogP contribution in [0.2, 0.25) is 0 Å².